The molecule has 0 radical (unpaired) electrons. The number of nitriles is 1. The molecule has 2 heterocycles. The van der Waals surface area contributed by atoms with Gasteiger partial charge in [0.15, 0.2) is 5.13 Å². The van der Waals surface area contributed by atoms with E-state index in [1.807, 2.05) is 24.3 Å². The predicted octanol–water partition coefficient (Wildman–Crippen LogP) is 7.06. The molecule has 0 bridgehead atoms. The van der Waals surface area contributed by atoms with Gasteiger partial charge in [-0.05, 0) is 103 Å². The van der Waals surface area contributed by atoms with Gasteiger partial charge in [-0.25, -0.2) is 4.98 Å². The van der Waals surface area contributed by atoms with Gasteiger partial charge in [-0.15, -0.1) is 0 Å². The maximum atomic E-state index is 8.82. The summed E-state index contributed by atoms with van der Waals surface area (Å²) in [5.41, 5.74) is 2.76. The minimum atomic E-state index is 0.647. The summed E-state index contributed by atoms with van der Waals surface area (Å²) in [6.45, 7) is 3.57. The second kappa shape index (κ2) is 12.1. The van der Waals surface area contributed by atoms with E-state index in [2.05, 4.69) is 39.0 Å². The molecular weight excluding hydrogens is 498 g/mol. The number of benzene rings is 2. The summed E-state index contributed by atoms with van der Waals surface area (Å²) in [5, 5.41) is 9.93. The highest BCUT2D eigenvalue weighted by molar-refractivity contribution is 9.11. The first-order valence-electron chi connectivity index (χ1n) is 11.5. The molecule has 0 atom stereocenters. The van der Waals surface area contributed by atoms with E-state index in [0.717, 1.165) is 64.0 Å². The summed E-state index contributed by atoms with van der Waals surface area (Å²) in [7, 11) is 0. The Kier molecular flexibility index (Phi) is 8.62. The molecule has 1 saturated heterocycles. The molecule has 4 rings (SSSR count). The van der Waals surface area contributed by atoms with Crippen molar-refractivity contribution in [2.24, 2.45) is 0 Å². The summed E-state index contributed by atoms with van der Waals surface area (Å²) in [4.78, 5) is 7.30. The number of anilines is 1. The van der Waals surface area contributed by atoms with Crippen molar-refractivity contribution in [2.45, 2.75) is 38.5 Å². The molecule has 1 aliphatic rings. The van der Waals surface area contributed by atoms with Crippen LogP contribution in [0.4, 0.5) is 5.13 Å². The van der Waals surface area contributed by atoms with Gasteiger partial charge in [-0.3, -0.25) is 0 Å². The van der Waals surface area contributed by atoms with Crippen molar-refractivity contribution >= 4 is 32.4 Å². The molecule has 1 aromatic heterocycles. The largest absolute Gasteiger partial charge is 0.494 e. The van der Waals surface area contributed by atoms with Crippen LogP contribution in [0.2, 0.25) is 0 Å². The van der Waals surface area contributed by atoms with Crippen LogP contribution in [0.1, 0.15) is 44.1 Å². The molecule has 0 aliphatic carbocycles. The Bertz CT molecular complexity index is 1050. The molecule has 1 aliphatic heterocycles. The first kappa shape index (κ1) is 23.6. The molecule has 5 nitrogen and oxygen atoms in total. The molecule has 0 unspecified atom stereocenters. The summed E-state index contributed by atoms with van der Waals surface area (Å²) in [6, 6.07) is 17.5. The molecule has 0 N–H and O–H groups in total. The van der Waals surface area contributed by atoms with E-state index < -0.39 is 0 Å². The van der Waals surface area contributed by atoms with Crippen LogP contribution in [-0.2, 0) is 0 Å². The molecule has 7 heteroatoms. The van der Waals surface area contributed by atoms with Gasteiger partial charge >= 0.3 is 0 Å². The Hall–Kier alpha value is -2.56. The third-order valence-electron chi connectivity index (χ3n) is 5.64. The first-order chi connectivity index (χ1) is 16.2. The SMILES string of the molecule is N#Cc1ccc(OCCCCCOc2ccc(-c3nc(N4CCCCC4)sc3Br)cc2)cc1. The lowest BCUT2D eigenvalue weighted by Crippen LogP contribution is -2.29. The number of rotatable bonds is 10. The van der Waals surface area contributed by atoms with Gasteiger partial charge in [-0.2, -0.15) is 5.26 Å². The van der Waals surface area contributed by atoms with E-state index in [0.29, 0.717) is 18.8 Å². The molecule has 2 aromatic carbocycles. The number of piperidine rings is 1. The van der Waals surface area contributed by atoms with E-state index in [4.69, 9.17) is 19.7 Å². The van der Waals surface area contributed by atoms with Crippen LogP contribution >= 0.6 is 27.3 Å². The molecule has 33 heavy (non-hydrogen) atoms. The molecule has 172 valence electrons. The van der Waals surface area contributed by atoms with E-state index >= 15 is 0 Å². The van der Waals surface area contributed by atoms with Crippen LogP contribution in [0.5, 0.6) is 11.5 Å². The van der Waals surface area contributed by atoms with Crippen molar-refractivity contribution in [3.63, 3.8) is 0 Å². The number of thiazole rings is 1. The van der Waals surface area contributed by atoms with Crippen molar-refractivity contribution in [3.8, 4) is 28.8 Å². The van der Waals surface area contributed by atoms with Crippen LogP contribution in [0.3, 0.4) is 0 Å². The standard InChI is InChI=1S/C26H28BrN3O2S/c27-25-24(29-26(33-25)30-15-3-1-4-16-30)21-9-13-23(14-10-21)32-18-6-2-5-17-31-22-11-7-20(19-28)8-12-22/h7-14H,1-6,15-18H2. The topological polar surface area (TPSA) is 58.4 Å². The third kappa shape index (κ3) is 6.72. The Morgan fingerprint density at radius 3 is 2.09 bits per heavy atom. The average Bonchev–Trinajstić information content (AvgIpc) is 3.26. The van der Waals surface area contributed by atoms with Crippen LogP contribution in [0.15, 0.2) is 52.3 Å². The molecule has 1 fully saturated rings. The summed E-state index contributed by atoms with van der Waals surface area (Å²) >= 11 is 5.43. The highest BCUT2D eigenvalue weighted by Crippen LogP contribution is 2.38. The lowest BCUT2D eigenvalue weighted by atomic mass is 10.1. The predicted molar refractivity (Wildman–Crippen MR) is 137 cm³/mol. The second-order valence-corrected chi connectivity index (χ2v) is 10.4. The van der Waals surface area contributed by atoms with Gasteiger partial charge in [0.2, 0.25) is 0 Å². The number of unbranched alkanes of at least 4 members (excludes halogenated alkanes) is 2. The van der Waals surface area contributed by atoms with E-state index in [1.165, 1.54) is 19.3 Å². The summed E-state index contributed by atoms with van der Waals surface area (Å²) in [6.07, 6.45) is 6.82. The van der Waals surface area contributed by atoms with Crippen molar-refractivity contribution < 1.29 is 9.47 Å². The average molecular weight is 527 g/mol. The van der Waals surface area contributed by atoms with Gasteiger partial charge in [0.1, 0.15) is 11.5 Å². The monoisotopic (exact) mass is 525 g/mol. The van der Waals surface area contributed by atoms with Crippen molar-refractivity contribution in [1.29, 1.82) is 5.26 Å². The van der Waals surface area contributed by atoms with Gasteiger partial charge in [-0.1, -0.05) is 11.3 Å². The van der Waals surface area contributed by atoms with Crippen LogP contribution in [0.25, 0.3) is 11.3 Å². The van der Waals surface area contributed by atoms with Crippen LogP contribution < -0.4 is 14.4 Å². The lowest BCUT2D eigenvalue weighted by Gasteiger charge is -2.25. The van der Waals surface area contributed by atoms with Crippen molar-refractivity contribution in [3.05, 3.63) is 57.9 Å². The number of hydrogen-bond donors (Lipinski definition) is 0. The van der Waals surface area contributed by atoms with Gasteiger partial charge < -0.3 is 14.4 Å². The molecule has 3 aromatic rings. The first-order valence-corrected chi connectivity index (χ1v) is 13.1. The van der Waals surface area contributed by atoms with Gasteiger partial charge in [0, 0.05) is 18.7 Å². The lowest BCUT2D eigenvalue weighted by molar-refractivity contribution is 0.279. The second-order valence-electron chi connectivity index (χ2n) is 8.08. The van der Waals surface area contributed by atoms with Gasteiger partial charge in [0.05, 0.1) is 34.3 Å². The van der Waals surface area contributed by atoms with Crippen molar-refractivity contribution in [1.82, 2.24) is 4.98 Å². The Balaban J connectivity index is 1.17. The molecule has 0 amide bonds. The normalized spacial score (nSPS) is 13.5. The zero-order chi connectivity index (χ0) is 22.9. The highest BCUT2D eigenvalue weighted by atomic mass is 79.9. The molecule has 0 spiro atoms. The summed E-state index contributed by atoms with van der Waals surface area (Å²) in [5.74, 6) is 1.69. The highest BCUT2D eigenvalue weighted by Gasteiger charge is 2.18. The third-order valence-corrected chi connectivity index (χ3v) is 7.40. The zero-order valence-corrected chi connectivity index (χ0v) is 21.0. The number of hydrogen-bond acceptors (Lipinski definition) is 6. The molecular formula is C26H28BrN3O2S. The quantitative estimate of drug-likeness (QED) is 0.265. The minimum Gasteiger partial charge on any atom is -0.494 e. The van der Waals surface area contributed by atoms with E-state index in [1.54, 1.807) is 23.5 Å². The van der Waals surface area contributed by atoms with E-state index in [-0.39, 0.29) is 0 Å². The zero-order valence-electron chi connectivity index (χ0n) is 18.6. The smallest absolute Gasteiger partial charge is 0.186 e. The number of nitrogens with zero attached hydrogens (tertiary/aromatic N) is 3. The Morgan fingerprint density at radius 2 is 1.48 bits per heavy atom. The summed E-state index contributed by atoms with van der Waals surface area (Å²) < 4.78 is 12.7. The fourth-order valence-corrected chi connectivity index (χ4v) is 5.41. The minimum absolute atomic E-state index is 0.647. The number of ether oxygens (including phenoxy) is 2. The van der Waals surface area contributed by atoms with Crippen LogP contribution in [-0.4, -0.2) is 31.3 Å². The molecule has 0 saturated carbocycles. The maximum Gasteiger partial charge on any atom is 0.186 e. The fraction of sp³-hybridized carbons (Fsp3) is 0.385. The fourth-order valence-electron chi connectivity index (χ4n) is 3.79. The Labute approximate surface area is 208 Å². The maximum absolute atomic E-state index is 8.82. The van der Waals surface area contributed by atoms with E-state index in [9.17, 15) is 0 Å². The number of halogens is 1. The Morgan fingerprint density at radius 1 is 0.879 bits per heavy atom. The number of aromatic nitrogens is 1. The van der Waals surface area contributed by atoms with Crippen LogP contribution in [0, 0.1) is 11.3 Å². The van der Waals surface area contributed by atoms with Crippen molar-refractivity contribution in [2.75, 3.05) is 31.2 Å². The van der Waals surface area contributed by atoms with Gasteiger partial charge in [0.25, 0.3) is 0 Å².